The number of amides is 1. The molecule has 2 aromatic carbocycles. The van der Waals surface area contributed by atoms with Crippen molar-refractivity contribution in [1.82, 2.24) is 5.32 Å². The summed E-state index contributed by atoms with van der Waals surface area (Å²) in [5.74, 6) is 0.0426. The Kier molecular flexibility index (Phi) is 8.14. The van der Waals surface area contributed by atoms with Gasteiger partial charge in [0, 0.05) is 0 Å². The summed E-state index contributed by atoms with van der Waals surface area (Å²) >= 11 is 0. The third-order valence-electron chi connectivity index (χ3n) is 5.37. The van der Waals surface area contributed by atoms with Gasteiger partial charge in [-0.15, -0.1) is 0 Å². The maximum Gasteiger partial charge on any atom is 0.408 e. The van der Waals surface area contributed by atoms with Crippen molar-refractivity contribution in [1.29, 1.82) is 0 Å². The summed E-state index contributed by atoms with van der Waals surface area (Å²) in [6, 6.07) is 17.5. The monoisotopic (exact) mass is 453 g/mol. The van der Waals surface area contributed by atoms with Crippen LogP contribution in [0, 0.1) is 5.92 Å². The first-order valence-electron chi connectivity index (χ1n) is 11.6. The molecule has 2 aromatic rings. The van der Waals surface area contributed by atoms with Crippen LogP contribution in [0.1, 0.15) is 59.1 Å². The van der Waals surface area contributed by atoms with Gasteiger partial charge < -0.3 is 19.5 Å². The van der Waals surface area contributed by atoms with E-state index in [1.54, 1.807) is 27.7 Å². The minimum absolute atomic E-state index is 0.395. The highest BCUT2D eigenvalue weighted by Gasteiger charge is 2.30. The second kappa shape index (κ2) is 10.8. The maximum absolute atomic E-state index is 12.6. The topological polar surface area (TPSA) is 73.9 Å². The number of ether oxygens (including phenoxy) is 3. The largest absolute Gasteiger partial charge is 0.458 e. The lowest BCUT2D eigenvalue weighted by molar-refractivity contribution is -0.158. The molecular formula is C27H35NO5. The van der Waals surface area contributed by atoms with Gasteiger partial charge in [0.1, 0.15) is 23.9 Å². The van der Waals surface area contributed by atoms with E-state index >= 15 is 0 Å². The predicted molar refractivity (Wildman–Crippen MR) is 128 cm³/mol. The Morgan fingerprint density at radius 1 is 0.970 bits per heavy atom. The third kappa shape index (κ3) is 7.90. The van der Waals surface area contributed by atoms with Crippen LogP contribution in [0.2, 0.25) is 0 Å². The molecule has 1 aliphatic carbocycles. The van der Waals surface area contributed by atoms with Gasteiger partial charge >= 0.3 is 12.1 Å². The van der Waals surface area contributed by atoms with Crippen molar-refractivity contribution in [2.75, 3.05) is 6.61 Å². The van der Waals surface area contributed by atoms with Gasteiger partial charge in [-0.05, 0) is 70.1 Å². The molecule has 1 fully saturated rings. The first-order chi connectivity index (χ1) is 15.6. The molecule has 1 amide bonds. The zero-order valence-electron chi connectivity index (χ0n) is 20.2. The Labute approximate surface area is 196 Å². The number of esters is 1. The minimum atomic E-state index is -0.841. The number of carbonyl (C=O) groups is 2. The summed E-state index contributed by atoms with van der Waals surface area (Å²) in [7, 11) is 0. The second-order valence-corrected chi connectivity index (χ2v) is 9.70. The van der Waals surface area contributed by atoms with Crippen LogP contribution in [0.15, 0.2) is 54.6 Å². The van der Waals surface area contributed by atoms with Crippen LogP contribution in [0.25, 0.3) is 11.1 Å². The SMILES string of the molecule is C[C@H](NC(=O)OC(C)(C)C)C(=O)O[C@@H](C)[C@H](OCC1CC1)c1ccc(-c2ccccc2)cc1. The van der Waals surface area contributed by atoms with Crippen LogP contribution in [0.3, 0.4) is 0 Å². The van der Waals surface area contributed by atoms with Crippen LogP contribution in [0.4, 0.5) is 4.79 Å². The third-order valence-corrected chi connectivity index (χ3v) is 5.37. The maximum atomic E-state index is 12.6. The van der Waals surface area contributed by atoms with Crippen LogP contribution in [-0.2, 0) is 19.0 Å². The highest BCUT2D eigenvalue weighted by Crippen LogP contribution is 2.33. The fraction of sp³-hybridized carbons (Fsp3) is 0.481. The van der Waals surface area contributed by atoms with E-state index in [-0.39, 0.29) is 0 Å². The van der Waals surface area contributed by atoms with Gasteiger partial charge in [0.25, 0.3) is 0 Å². The second-order valence-electron chi connectivity index (χ2n) is 9.70. The first-order valence-corrected chi connectivity index (χ1v) is 11.6. The van der Waals surface area contributed by atoms with Crippen molar-refractivity contribution in [3.63, 3.8) is 0 Å². The van der Waals surface area contributed by atoms with E-state index in [0.29, 0.717) is 12.5 Å². The van der Waals surface area contributed by atoms with E-state index in [1.807, 2.05) is 37.3 Å². The smallest absolute Gasteiger partial charge is 0.408 e. The molecule has 33 heavy (non-hydrogen) atoms. The molecule has 6 nitrogen and oxygen atoms in total. The average molecular weight is 454 g/mol. The molecule has 178 valence electrons. The Morgan fingerprint density at radius 2 is 1.58 bits per heavy atom. The molecule has 3 atom stereocenters. The molecule has 0 saturated heterocycles. The van der Waals surface area contributed by atoms with Crippen molar-refractivity contribution in [2.45, 2.75) is 71.3 Å². The van der Waals surface area contributed by atoms with Gasteiger partial charge in [0.15, 0.2) is 0 Å². The highest BCUT2D eigenvalue weighted by molar-refractivity contribution is 5.81. The number of benzene rings is 2. The van der Waals surface area contributed by atoms with Crippen molar-refractivity contribution >= 4 is 12.1 Å². The van der Waals surface area contributed by atoms with E-state index in [2.05, 4.69) is 29.6 Å². The van der Waals surface area contributed by atoms with E-state index in [9.17, 15) is 9.59 Å². The van der Waals surface area contributed by atoms with E-state index in [1.165, 1.54) is 12.8 Å². The Balaban J connectivity index is 1.65. The number of rotatable bonds is 9. The van der Waals surface area contributed by atoms with Crippen LogP contribution < -0.4 is 5.32 Å². The summed E-state index contributed by atoms with van der Waals surface area (Å²) in [4.78, 5) is 24.6. The predicted octanol–water partition coefficient (Wildman–Crippen LogP) is 5.67. The summed E-state index contributed by atoms with van der Waals surface area (Å²) in [6.45, 7) is 9.33. The Hall–Kier alpha value is -2.86. The van der Waals surface area contributed by atoms with E-state index in [4.69, 9.17) is 14.2 Å². The fourth-order valence-corrected chi connectivity index (χ4v) is 3.41. The fourth-order valence-electron chi connectivity index (χ4n) is 3.41. The van der Waals surface area contributed by atoms with Gasteiger partial charge in [-0.25, -0.2) is 9.59 Å². The molecule has 1 N–H and O–H groups in total. The van der Waals surface area contributed by atoms with Gasteiger partial charge in [0.05, 0.1) is 6.61 Å². The molecule has 1 saturated carbocycles. The molecule has 3 rings (SSSR count). The number of nitrogens with one attached hydrogen (secondary N) is 1. The number of hydrogen-bond acceptors (Lipinski definition) is 5. The zero-order valence-corrected chi connectivity index (χ0v) is 20.2. The summed E-state index contributed by atoms with van der Waals surface area (Å²) < 4.78 is 17.1. The van der Waals surface area contributed by atoms with Gasteiger partial charge in [-0.3, -0.25) is 0 Å². The lowest BCUT2D eigenvalue weighted by atomic mass is 10.00. The average Bonchev–Trinajstić information content (AvgIpc) is 3.58. The molecule has 6 heteroatoms. The molecule has 1 aliphatic rings. The molecule has 0 spiro atoms. The first kappa shape index (κ1) is 24.8. The lowest BCUT2D eigenvalue weighted by Crippen LogP contribution is -2.43. The van der Waals surface area contributed by atoms with E-state index in [0.717, 1.165) is 16.7 Å². The number of carbonyl (C=O) groups excluding carboxylic acids is 2. The quantitative estimate of drug-likeness (QED) is 0.496. The van der Waals surface area contributed by atoms with Gasteiger partial charge in [-0.1, -0.05) is 54.6 Å². The van der Waals surface area contributed by atoms with E-state index < -0.39 is 35.9 Å². The van der Waals surface area contributed by atoms with Crippen molar-refractivity contribution in [2.24, 2.45) is 5.92 Å². The minimum Gasteiger partial charge on any atom is -0.458 e. The van der Waals surface area contributed by atoms with Crippen molar-refractivity contribution < 1.29 is 23.8 Å². The number of hydrogen-bond donors (Lipinski definition) is 1. The molecule has 0 unspecified atom stereocenters. The summed E-state index contributed by atoms with van der Waals surface area (Å²) in [5, 5.41) is 2.53. The summed E-state index contributed by atoms with van der Waals surface area (Å²) in [5.41, 5.74) is 2.55. The van der Waals surface area contributed by atoms with Crippen molar-refractivity contribution in [3.8, 4) is 11.1 Å². The molecular weight excluding hydrogens is 418 g/mol. The van der Waals surface area contributed by atoms with Crippen molar-refractivity contribution in [3.05, 3.63) is 60.2 Å². The van der Waals surface area contributed by atoms with Crippen LogP contribution >= 0.6 is 0 Å². The van der Waals surface area contributed by atoms with Crippen LogP contribution in [0.5, 0.6) is 0 Å². The number of alkyl carbamates (subject to hydrolysis) is 1. The molecule has 0 bridgehead atoms. The Bertz CT molecular complexity index is 916. The summed E-state index contributed by atoms with van der Waals surface area (Å²) in [6.07, 6.45) is 0.766. The van der Waals surface area contributed by atoms with Gasteiger partial charge in [0.2, 0.25) is 0 Å². The molecule has 0 heterocycles. The normalized spacial score (nSPS) is 16.4. The highest BCUT2D eigenvalue weighted by atomic mass is 16.6. The standard InChI is InChI=1S/C27H35NO5/c1-18(28-26(30)33-27(3,4)5)25(29)32-19(2)24(31-17-20-11-12-20)23-15-13-22(14-16-23)21-9-7-6-8-10-21/h6-10,13-16,18-20,24H,11-12,17H2,1-5H3,(H,28,30)/t18-,19-,24-/m0/s1. The van der Waals surface area contributed by atoms with Crippen LogP contribution in [-0.4, -0.2) is 36.4 Å². The molecule has 0 aliphatic heterocycles. The molecule has 0 radical (unpaired) electrons. The lowest BCUT2D eigenvalue weighted by Gasteiger charge is -2.27. The Morgan fingerprint density at radius 3 is 2.15 bits per heavy atom. The zero-order chi connectivity index (χ0) is 24.0. The molecule has 0 aromatic heterocycles. The van der Waals surface area contributed by atoms with Gasteiger partial charge in [-0.2, -0.15) is 0 Å².